The Morgan fingerprint density at radius 3 is 2.42 bits per heavy atom. The highest BCUT2D eigenvalue weighted by atomic mass is 35.5. The second-order valence-corrected chi connectivity index (χ2v) is 8.57. The van der Waals surface area contributed by atoms with Gasteiger partial charge in [0.25, 0.3) is 0 Å². The van der Waals surface area contributed by atoms with Crippen LogP contribution in [0.15, 0.2) is 66.7 Å². The lowest BCUT2D eigenvalue weighted by Crippen LogP contribution is -2.50. The maximum atomic E-state index is 14.0. The molecule has 2 heterocycles. The van der Waals surface area contributed by atoms with E-state index in [9.17, 15) is 4.39 Å². The molecule has 3 nitrogen and oxygen atoms in total. The number of aryl methyl sites for hydroxylation is 1. The van der Waals surface area contributed by atoms with Gasteiger partial charge in [0.2, 0.25) is 0 Å². The lowest BCUT2D eigenvalue weighted by molar-refractivity contribution is 0.0727. The molecule has 0 amide bonds. The number of para-hydroxylation sites is 1. The maximum Gasteiger partial charge on any atom is 0.127 e. The lowest BCUT2D eigenvalue weighted by Gasteiger charge is -2.40. The van der Waals surface area contributed by atoms with Crippen LogP contribution in [0.3, 0.4) is 0 Å². The number of fused-ring (bicyclic) bond motifs is 3. The Bertz CT molecular complexity index is 1200. The lowest BCUT2D eigenvalue weighted by atomic mass is 10.1. The Balaban J connectivity index is 0.00000231. The van der Waals surface area contributed by atoms with Crippen LogP contribution in [-0.4, -0.2) is 40.0 Å². The Kier molecular flexibility index (Phi) is 6.33. The number of benzene rings is 3. The van der Waals surface area contributed by atoms with Crippen molar-refractivity contribution in [2.45, 2.75) is 26.1 Å². The van der Waals surface area contributed by atoms with Gasteiger partial charge in [-0.2, -0.15) is 0 Å². The van der Waals surface area contributed by atoms with Gasteiger partial charge in [0.05, 0.1) is 0 Å². The van der Waals surface area contributed by atoms with Crippen LogP contribution in [0.4, 0.5) is 4.39 Å². The highest BCUT2D eigenvalue weighted by Gasteiger charge is 2.24. The largest absolute Gasteiger partial charge is 0.344 e. The second kappa shape index (κ2) is 8.99. The van der Waals surface area contributed by atoms with Gasteiger partial charge in [-0.05, 0) is 36.8 Å². The molecule has 0 radical (unpaired) electrons. The number of nitrogens with zero attached hydrogens (tertiary/aromatic N) is 3. The Morgan fingerprint density at radius 1 is 0.871 bits per heavy atom. The third kappa shape index (κ3) is 4.20. The molecular weight excluding hydrogens is 409 g/mol. The van der Waals surface area contributed by atoms with Gasteiger partial charge in [-0.1, -0.05) is 42.5 Å². The highest BCUT2D eigenvalue weighted by molar-refractivity contribution is 6.08. The quantitative estimate of drug-likeness (QED) is 0.411. The van der Waals surface area contributed by atoms with Gasteiger partial charge in [-0.3, -0.25) is 9.80 Å². The van der Waals surface area contributed by atoms with Gasteiger partial charge in [0, 0.05) is 73.2 Å². The van der Waals surface area contributed by atoms with Gasteiger partial charge in [-0.25, -0.2) is 4.39 Å². The number of halogens is 2. The van der Waals surface area contributed by atoms with Crippen molar-refractivity contribution in [2.75, 3.05) is 19.6 Å². The second-order valence-electron chi connectivity index (χ2n) is 8.57. The molecule has 31 heavy (non-hydrogen) atoms. The molecule has 1 aliphatic rings. The van der Waals surface area contributed by atoms with Crippen LogP contribution in [0.2, 0.25) is 0 Å². The molecule has 1 aromatic heterocycles. The summed E-state index contributed by atoms with van der Waals surface area (Å²) in [6, 6.07) is 23.1. The summed E-state index contributed by atoms with van der Waals surface area (Å²) in [7, 11) is 2.14. The molecule has 0 unspecified atom stereocenters. The van der Waals surface area contributed by atoms with E-state index in [2.05, 4.69) is 70.8 Å². The zero-order chi connectivity index (χ0) is 20.7. The minimum Gasteiger partial charge on any atom is -0.344 e. The monoisotopic (exact) mass is 437 g/mol. The van der Waals surface area contributed by atoms with Gasteiger partial charge in [-0.15, -0.1) is 12.4 Å². The molecule has 1 fully saturated rings. The summed E-state index contributed by atoms with van der Waals surface area (Å²) in [6.45, 7) is 6.86. The third-order valence-electron chi connectivity index (χ3n) is 6.56. The van der Waals surface area contributed by atoms with Crippen molar-refractivity contribution in [3.63, 3.8) is 0 Å². The van der Waals surface area contributed by atoms with Crippen molar-refractivity contribution in [1.82, 2.24) is 14.4 Å². The first kappa shape index (κ1) is 21.8. The summed E-state index contributed by atoms with van der Waals surface area (Å²) in [5.41, 5.74) is 4.70. The first-order chi connectivity index (χ1) is 14.6. The van der Waals surface area contributed by atoms with Gasteiger partial charge in [0.15, 0.2) is 0 Å². The molecule has 0 aliphatic carbocycles. The maximum absolute atomic E-state index is 14.0. The molecule has 1 saturated heterocycles. The van der Waals surface area contributed by atoms with E-state index in [1.807, 2.05) is 12.1 Å². The molecule has 5 heteroatoms. The van der Waals surface area contributed by atoms with Crippen LogP contribution in [0.1, 0.15) is 18.1 Å². The third-order valence-corrected chi connectivity index (χ3v) is 6.56. The molecule has 0 bridgehead atoms. The fourth-order valence-corrected chi connectivity index (χ4v) is 4.86. The smallest absolute Gasteiger partial charge is 0.127 e. The molecular formula is C26H29ClFN3. The van der Waals surface area contributed by atoms with Crippen LogP contribution >= 0.6 is 12.4 Å². The molecule has 4 aromatic rings. The van der Waals surface area contributed by atoms with Gasteiger partial charge in [0.1, 0.15) is 5.82 Å². The predicted molar refractivity (Wildman–Crippen MR) is 129 cm³/mol. The van der Waals surface area contributed by atoms with E-state index in [-0.39, 0.29) is 18.2 Å². The number of aromatic nitrogens is 1. The zero-order valence-electron chi connectivity index (χ0n) is 18.1. The Morgan fingerprint density at radius 2 is 1.61 bits per heavy atom. The summed E-state index contributed by atoms with van der Waals surface area (Å²) in [6.07, 6.45) is 0. The molecule has 0 N–H and O–H groups in total. The Hall–Kier alpha value is -2.40. The van der Waals surface area contributed by atoms with Crippen molar-refractivity contribution < 1.29 is 4.39 Å². The van der Waals surface area contributed by atoms with E-state index in [0.717, 1.165) is 31.7 Å². The minimum atomic E-state index is -0.101. The van der Waals surface area contributed by atoms with Crippen LogP contribution < -0.4 is 0 Å². The first-order valence-corrected chi connectivity index (χ1v) is 10.8. The van der Waals surface area contributed by atoms with E-state index in [4.69, 9.17) is 0 Å². The van der Waals surface area contributed by atoms with Crippen molar-refractivity contribution in [1.29, 1.82) is 0 Å². The minimum absolute atomic E-state index is 0. The van der Waals surface area contributed by atoms with Crippen molar-refractivity contribution in [3.05, 3.63) is 83.7 Å². The topological polar surface area (TPSA) is 11.4 Å². The summed E-state index contributed by atoms with van der Waals surface area (Å²) in [5.74, 6) is -0.101. The summed E-state index contributed by atoms with van der Waals surface area (Å²) < 4.78 is 16.3. The van der Waals surface area contributed by atoms with E-state index in [1.54, 1.807) is 12.1 Å². The van der Waals surface area contributed by atoms with Gasteiger partial charge >= 0.3 is 0 Å². The highest BCUT2D eigenvalue weighted by Crippen LogP contribution is 2.29. The van der Waals surface area contributed by atoms with Crippen LogP contribution in [0.5, 0.6) is 0 Å². The molecule has 5 rings (SSSR count). The molecule has 0 spiro atoms. The number of hydrogen-bond donors (Lipinski definition) is 0. The molecule has 1 aliphatic heterocycles. The molecule has 3 aromatic carbocycles. The normalized spacial score (nSPS) is 17.8. The molecule has 1 atom stereocenters. The average Bonchev–Trinajstić information content (AvgIpc) is 3.04. The standard InChI is InChI=1S/C26H28FN3.ClH/c1-19-16-29(18-21-7-3-5-9-24(21)27)13-14-30(19)17-20-11-12-26-23(15-20)22-8-4-6-10-25(22)28(26)2;/h3-12,15,19H,13-14,16-18H2,1-2H3;1H/t19-;/m1./s1. The van der Waals surface area contributed by atoms with E-state index in [0.29, 0.717) is 12.6 Å². The number of piperazine rings is 1. The van der Waals surface area contributed by atoms with Crippen LogP contribution in [0, 0.1) is 5.82 Å². The van der Waals surface area contributed by atoms with E-state index in [1.165, 1.54) is 27.4 Å². The fraction of sp³-hybridized carbons (Fsp3) is 0.308. The molecule has 162 valence electrons. The Labute approximate surface area is 189 Å². The summed E-state index contributed by atoms with van der Waals surface area (Å²) >= 11 is 0. The number of rotatable bonds is 4. The van der Waals surface area contributed by atoms with Crippen LogP contribution in [-0.2, 0) is 20.1 Å². The predicted octanol–water partition coefficient (Wildman–Crippen LogP) is 5.60. The van der Waals surface area contributed by atoms with Crippen LogP contribution in [0.25, 0.3) is 21.8 Å². The van der Waals surface area contributed by atoms with Crippen molar-refractivity contribution in [3.8, 4) is 0 Å². The SMILES string of the molecule is C[C@@H]1CN(Cc2ccccc2F)CCN1Cc1ccc2c(c1)c1ccccc1n2C.Cl. The average molecular weight is 438 g/mol. The number of hydrogen-bond acceptors (Lipinski definition) is 2. The van der Waals surface area contributed by atoms with E-state index >= 15 is 0 Å². The zero-order valence-corrected chi connectivity index (χ0v) is 18.9. The fourth-order valence-electron chi connectivity index (χ4n) is 4.86. The van der Waals surface area contributed by atoms with Crippen molar-refractivity contribution in [2.24, 2.45) is 7.05 Å². The van der Waals surface area contributed by atoms with E-state index < -0.39 is 0 Å². The first-order valence-electron chi connectivity index (χ1n) is 10.8. The summed E-state index contributed by atoms with van der Waals surface area (Å²) in [4.78, 5) is 4.91. The van der Waals surface area contributed by atoms with Gasteiger partial charge < -0.3 is 4.57 Å². The summed E-state index contributed by atoms with van der Waals surface area (Å²) in [5, 5.41) is 2.65. The van der Waals surface area contributed by atoms with Crippen molar-refractivity contribution >= 4 is 34.2 Å². The molecule has 0 saturated carbocycles.